The zero-order valence-corrected chi connectivity index (χ0v) is 11.0. The minimum absolute atomic E-state index is 0.235. The molecular weight excluding hydrogens is 266 g/mol. The molecule has 2 aromatic carbocycles. The van der Waals surface area contributed by atoms with Crippen LogP contribution in [-0.2, 0) is 6.54 Å². The number of carboxylic acids is 1. The Hall–Kier alpha value is -3.31. The molecule has 5 heteroatoms. The number of rotatable bonds is 4. The van der Waals surface area contributed by atoms with Crippen molar-refractivity contribution in [3.8, 4) is 12.1 Å². The quantitative estimate of drug-likeness (QED) is 0.895. The normalized spacial score (nSPS) is 9.43. The summed E-state index contributed by atoms with van der Waals surface area (Å²) in [7, 11) is 0. The zero-order valence-electron chi connectivity index (χ0n) is 11.0. The van der Waals surface area contributed by atoms with Crippen LogP contribution in [0.15, 0.2) is 42.5 Å². The Morgan fingerprint density at radius 2 is 1.81 bits per heavy atom. The van der Waals surface area contributed by atoms with Gasteiger partial charge in [0.2, 0.25) is 0 Å². The Bertz CT molecular complexity index is 770. The summed E-state index contributed by atoms with van der Waals surface area (Å²) in [5.41, 5.74) is 2.14. The van der Waals surface area contributed by atoms with Crippen molar-refractivity contribution in [1.82, 2.24) is 0 Å². The van der Waals surface area contributed by atoms with Crippen molar-refractivity contribution in [3.05, 3.63) is 64.7 Å². The van der Waals surface area contributed by atoms with E-state index in [1.165, 1.54) is 0 Å². The minimum atomic E-state index is -0.982. The van der Waals surface area contributed by atoms with E-state index in [0.717, 1.165) is 0 Å². The molecule has 5 nitrogen and oxygen atoms in total. The van der Waals surface area contributed by atoms with E-state index < -0.39 is 5.97 Å². The Labute approximate surface area is 121 Å². The van der Waals surface area contributed by atoms with Crippen LogP contribution in [0.2, 0.25) is 0 Å². The number of carboxylic acid groups (broad SMARTS) is 1. The molecule has 0 fully saturated rings. The molecule has 0 radical (unpaired) electrons. The maximum absolute atomic E-state index is 11.1. The first-order valence-electron chi connectivity index (χ1n) is 6.15. The van der Waals surface area contributed by atoms with Crippen molar-refractivity contribution in [3.63, 3.8) is 0 Å². The highest BCUT2D eigenvalue weighted by Gasteiger charge is 2.09. The third kappa shape index (κ3) is 3.17. The summed E-state index contributed by atoms with van der Waals surface area (Å²) in [4.78, 5) is 11.1. The number of nitrogens with one attached hydrogen (secondary N) is 1. The second kappa shape index (κ2) is 6.23. The topological polar surface area (TPSA) is 96.9 Å². The maximum Gasteiger partial charge on any atom is 0.336 e. The van der Waals surface area contributed by atoms with Crippen LogP contribution in [0, 0.1) is 22.7 Å². The van der Waals surface area contributed by atoms with Crippen molar-refractivity contribution in [2.24, 2.45) is 0 Å². The molecule has 0 aliphatic carbocycles. The number of carbonyl (C=O) groups is 1. The van der Waals surface area contributed by atoms with Gasteiger partial charge in [0.05, 0.1) is 16.7 Å². The van der Waals surface area contributed by atoms with E-state index >= 15 is 0 Å². The molecule has 2 rings (SSSR count). The smallest absolute Gasteiger partial charge is 0.336 e. The summed E-state index contributed by atoms with van der Waals surface area (Å²) in [6, 6.07) is 15.4. The van der Waals surface area contributed by atoms with E-state index in [9.17, 15) is 4.79 Å². The lowest BCUT2D eigenvalue weighted by Gasteiger charge is -2.09. The van der Waals surface area contributed by atoms with Gasteiger partial charge in [-0.05, 0) is 29.8 Å². The van der Waals surface area contributed by atoms with Crippen molar-refractivity contribution in [2.75, 3.05) is 5.32 Å². The Morgan fingerprint density at radius 1 is 1.10 bits per heavy atom. The largest absolute Gasteiger partial charge is 0.478 e. The van der Waals surface area contributed by atoms with Gasteiger partial charge in [-0.2, -0.15) is 10.5 Å². The van der Waals surface area contributed by atoms with E-state index in [1.54, 1.807) is 42.5 Å². The van der Waals surface area contributed by atoms with Gasteiger partial charge < -0.3 is 10.4 Å². The molecule has 0 unspecified atom stereocenters. The molecule has 0 heterocycles. The lowest BCUT2D eigenvalue weighted by atomic mass is 10.1. The van der Waals surface area contributed by atoms with Crippen LogP contribution < -0.4 is 5.32 Å². The average Bonchev–Trinajstić information content (AvgIpc) is 2.52. The fourth-order valence-corrected chi connectivity index (χ4v) is 1.92. The van der Waals surface area contributed by atoms with E-state index in [1.807, 2.05) is 12.1 Å². The average molecular weight is 277 g/mol. The fraction of sp³-hybridized carbons (Fsp3) is 0.0625. The predicted molar refractivity (Wildman–Crippen MR) is 76.6 cm³/mol. The van der Waals surface area contributed by atoms with Gasteiger partial charge in [0.15, 0.2) is 0 Å². The number of nitrogens with zero attached hydrogens (tertiary/aromatic N) is 2. The van der Waals surface area contributed by atoms with Gasteiger partial charge in [-0.1, -0.05) is 18.2 Å². The van der Waals surface area contributed by atoms with E-state index in [-0.39, 0.29) is 11.1 Å². The number of hydrogen-bond donors (Lipinski definition) is 2. The van der Waals surface area contributed by atoms with Gasteiger partial charge in [0, 0.05) is 12.2 Å². The molecular formula is C16H11N3O2. The third-order valence-electron chi connectivity index (χ3n) is 2.99. The SMILES string of the molecule is N#Cc1ccc(NCc2ccccc2C(=O)O)cc1C#N. The monoisotopic (exact) mass is 277 g/mol. The molecule has 0 amide bonds. The second-order valence-corrected chi connectivity index (χ2v) is 4.30. The molecule has 0 aliphatic rings. The molecule has 0 saturated carbocycles. The van der Waals surface area contributed by atoms with Crippen LogP contribution in [0.1, 0.15) is 27.0 Å². The minimum Gasteiger partial charge on any atom is -0.478 e. The van der Waals surface area contributed by atoms with Gasteiger partial charge in [0.1, 0.15) is 12.1 Å². The summed E-state index contributed by atoms with van der Waals surface area (Å²) in [6.45, 7) is 0.319. The molecule has 2 aromatic rings. The van der Waals surface area contributed by atoms with E-state index in [0.29, 0.717) is 23.4 Å². The fourth-order valence-electron chi connectivity index (χ4n) is 1.92. The lowest BCUT2D eigenvalue weighted by Crippen LogP contribution is -2.07. The molecule has 0 aliphatic heterocycles. The van der Waals surface area contributed by atoms with Gasteiger partial charge in [0.25, 0.3) is 0 Å². The first-order valence-corrected chi connectivity index (χ1v) is 6.15. The van der Waals surface area contributed by atoms with Crippen LogP contribution in [0.3, 0.4) is 0 Å². The summed E-state index contributed by atoms with van der Waals surface area (Å²) >= 11 is 0. The zero-order chi connectivity index (χ0) is 15.2. The highest BCUT2D eigenvalue weighted by atomic mass is 16.4. The third-order valence-corrected chi connectivity index (χ3v) is 2.99. The molecule has 21 heavy (non-hydrogen) atoms. The molecule has 102 valence electrons. The highest BCUT2D eigenvalue weighted by Crippen LogP contribution is 2.17. The molecule has 0 saturated heterocycles. The summed E-state index contributed by atoms with van der Waals surface area (Å²) in [5.74, 6) is -0.982. The molecule has 0 bridgehead atoms. The van der Waals surface area contributed by atoms with Crippen molar-refractivity contribution in [1.29, 1.82) is 10.5 Å². The van der Waals surface area contributed by atoms with Crippen LogP contribution in [0.5, 0.6) is 0 Å². The van der Waals surface area contributed by atoms with Crippen molar-refractivity contribution < 1.29 is 9.90 Å². The first-order chi connectivity index (χ1) is 10.2. The van der Waals surface area contributed by atoms with Crippen molar-refractivity contribution in [2.45, 2.75) is 6.54 Å². The van der Waals surface area contributed by atoms with Crippen molar-refractivity contribution >= 4 is 11.7 Å². The van der Waals surface area contributed by atoms with E-state index in [4.69, 9.17) is 15.6 Å². The van der Waals surface area contributed by atoms with Crippen LogP contribution in [0.25, 0.3) is 0 Å². The van der Waals surface area contributed by atoms with Gasteiger partial charge in [-0.25, -0.2) is 4.79 Å². The summed E-state index contributed by atoms with van der Waals surface area (Å²) in [5, 5.41) is 30.0. The number of benzene rings is 2. The van der Waals surface area contributed by atoms with E-state index in [2.05, 4.69) is 5.32 Å². The van der Waals surface area contributed by atoms with Gasteiger partial charge >= 0.3 is 5.97 Å². The van der Waals surface area contributed by atoms with Gasteiger partial charge in [-0.15, -0.1) is 0 Å². The molecule has 2 N–H and O–H groups in total. The Kier molecular flexibility index (Phi) is 4.18. The van der Waals surface area contributed by atoms with Crippen LogP contribution >= 0.6 is 0 Å². The standard InChI is InChI=1S/C16H11N3O2/c17-8-11-5-6-14(7-13(11)9-18)19-10-12-3-1-2-4-15(12)16(20)21/h1-7,19H,10H2,(H,20,21). The number of aromatic carboxylic acids is 1. The van der Waals surface area contributed by atoms with Crippen LogP contribution in [0.4, 0.5) is 5.69 Å². The maximum atomic E-state index is 11.1. The Morgan fingerprint density at radius 3 is 2.48 bits per heavy atom. The predicted octanol–water partition coefficient (Wildman–Crippen LogP) is 2.74. The number of hydrogen-bond acceptors (Lipinski definition) is 4. The summed E-state index contributed by atoms with van der Waals surface area (Å²) in [6.07, 6.45) is 0. The lowest BCUT2D eigenvalue weighted by molar-refractivity contribution is 0.0696. The molecule has 0 spiro atoms. The highest BCUT2D eigenvalue weighted by molar-refractivity contribution is 5.89. The molecule has 0 atom stereocenters. The number of nitriles is 2. The Balaban J connectivity index is 2.20. The number of anilines is 1. The first kappa shape index (κ1) is 14.1. The van der Waals surface area contributed by atoms with Gasteiger partial charge in [-0.3, -0.25) is 0 Å². The second-order valence-electron chi connectivity index (χ2n) is 4.30. The van der Waals surface area contributed by atoms with Crippen LogP contribution in [-0.4, -0.2) is 11.1 Å². The molecule has 0 aromatic heterocycles. The summed E-state index contributed by atoms with van der Waals surface area (Å²) < 4.78 is 0.